The number of rotatable bonds is 3. The first-order valence-corrected chi connectivity index (χ1v) is 6.36. The van der Waals surface area contributed by atoms with Crippen LogP contribution in [0.15, 0.2) is 48.5 Å². The van der Waals surface area contributed by atoms with Gasteiger partial charge in [0.2, 0.25) is 0 Å². The van der Waals surface area contributed by atoms with Gasteiger partial charge in [0.1, 0.15) is 5.82 Å². The molecule has 0 saturated heterocycles. The van der Waals surface area contributed by atoms with Gasteiger partial charge in [-0.1, -0.05) is 41.9 Å². The molecule has 0 N–H and O–H groups in total. The lowest BCUT2D eigenvalue weighted by Gasteiger charge is -2.24. The number of Topliss-reactive ketones (excluding diaryl/α,β-unsaturated/α-hetero) is 1. The van der Waals surface area contributed by atoms with Gasteiger partial charge in [-0.3, -0.25) is 4.79 Å². The van der Waals surface area contributed by atoms with E-state index in [1.54, 1.807) is 13.8 Å². The predicted molar refractivity (Wildman–Crippen MR) is 75.2 cm³/mol. The van der Waals surface area contributed by atoms with E-state index in [0.717, 1.165) is 11.6 Å². The van der Waals surface area contributed by atoms with Crippen molar-refractivity contribution < 1.29 is 9.18 Å². The Balaban J connectivity index is 2.43. The molecule has 0 fully saturated rings. The summed E-state index contributed by atoms with van der Waals surface area (Å²) in [5.41, 5.74) is 0.142. The van der Waals surface area contributed by atoms with Gasteiger partial charge in [-0.15, -0.1) is 0 Å². The van der Waals surface area contributed by atoms with Crippen molar-refractivity contribution >= 4 is 17.4 Å². The maximum Gasteiger partial charge on any atom is 0.175 e. The van der Waals surface area contributed by atoms with Gasteiger partial charge in [-0.2, -0.15) is 0 Å². The molecule has 2 aromatic carbocycles. The molecule has 3 heteroatoms. The molecule has 0 atom stereocenters. The Labute approximate surface area is 117 Å². The summed E-state index contributed by atoms with van der Waals surface area (Å²) >= 11 is 5.70. The van der Waals surface area contributed by atoms with E-state index in [9.17, 15) is 9.18 Å². The van der Waals surface area contributed by atoms with Crippen LogP contribution in [0.4, 0.5) is 4.39 Å². The Bertz CT molecular complexity index is 605. The van der Waals surface area contributed by atoms with Crippen LogP contribution < -0.4 is 0 Å². The minimum Gasteiger partial charge on any atom is -0.293 e. The molecule has 0 saturated carbocycles. The lowest BCUT2D eigenvalue weighted by Crippen LogP contribution is -2.29. The summed E-state index contributed by atoms with van der Waals surface area (Å²) in [5.74, 6) is -0.839. The maximum atomic E-state index is 13.8. The molecule has 0 amide bonds. The van der Waals surface area contributed by atoms with Crippen molar-refractivity contribution in [1.82, 2.24) is 0 Å². The SMILES string of the molecule is CC(C)(C(=O)c1ccc(Cl)cc1F)c1ccccc1. The monoisotopic (exact) mass is 276 g/mol. The van der Waals surface area contributed by atoms with Crippen LogP contribution in [-0.4, -0.2) is 5.78 Å². The zero-order valence-electron chi connectivity index (χ0n) is 10.8. The average molecular weight is 277 g/mol. The molecule has 2 rings (SSSR count). The van der Waals surface area contributed by atoms with Crippen LogP contribution in [0.25, 0.3) is 0 Å². The minimum absolute atomic E-state index is 0.0678. The standard InChI is InChI=1S/C16H14ClFO/c1-16(2,11-6-4-3-5-7-11)15(19)13-9-8-12(17)10-14(13)18/h3-10H,1-2H3. The molecule has 0 bridgehead atoms. The largest absolute Gasteiger partial charge is 0.293 e. The molecule has 0 aliphatic rings. The topological polar surface area (TPSA) is 17.1 Å². The first-order chi connectivity index (χ1) is 8.93. The molecule has 0 aliphatic heterocycles. The highest BCUT2D eigenvalue weighted by atomic mass is 35.5. The highest BCUT2D eigenvalue weighted by molar-refractivity contribution is 6.30. The van der Waals surface area contributed by atoms with Crippen LogP contribution in [-0.2, 0) is 5.41 Å². The van der Waals surface area contributed by atoms with Gasteiger partial charge >= 0.3 is 0 Å². The zero-order chi connectivity index (χ0) is 14.0. The normalized spacial score (nSPS) is 11.4. The number of hydrogen-bond acceptors (Lipinski definition) is 1. The van der Waals surface area contributed by atoms with Crippen molar-refractivity contribution in [3.63, 3.8) is 0 Å². The summed E-state index contributed by atoms with van der Waals surface area (Å²) < 4.78 is 13.8. The van der Waals surface area contributed by atoms with E-state index in [2.05, 4.69) is 0 Å². The number of halogens is 2. The second-order valence-electron chi connectivity index (χ2n) is 4.94. The van der Waals surface area contributed by atoms with Crippen molar-refractivity contribution in [2.45, 2.75) is 19.3 Å². The van der Waals surface area contributed by atoms with Crippen molar-refractivity contribution in [2.24, 2.45) is 0 Å². The predicted octanol–water partition coefficient (Wildman–Crippen LogP) is 4.64. The van der Waals surface area contributed by atoms with Crippen LogP contribution in [0.2, 0.25) is 5.02 Å². The molecule has 1 nitrogen and oxygen atoms in total. The van der Waals surface area contributed by atoms with Crippen molar-refractivity contribution in [1.29, 1.82) is 0 Å². The van der Waals surface area contributed by atoms with Gasteiger partial charge in [0.25, 0.3) is 0 Å². The Morgan fingerprint density at radius 2 is 1.74 bits per heavy atom. The first-order valence-electron chi connectivity index (χ1n) is 5.98. The number of ketones is 1. The van der Waals surface area contributed by atoms with Gasteiger partial charge in [0, 0.05) is 5.02 Å². The second-order valence-corrected chi connectivity index (χ2v) is 5.38. The lowest BCUT2D eigenvalue weighted by molar-refractivity contribution is 0.0904. The first kappa shape index (κ1) is 13.8. The smallest absolute Gasteiger partial charge is 0.175 e. The third-order valence-corrected chi connectivity index (χ3v) is 3.47. The average Bonchev–Trinajstić information content (AvgIpc) is 2.39. The van der Waals surface area contributed by atoms with E-state index in [1.165, 1.54) is 12.1 Å². The van der Waals surface area contributed by atoms with Crippen LogP contribution in [0, 0.1) is 5.82 Å². The number of carbonyl (C=O) groups is 1. The molecule has 0 radical (unpaired) electrons. The quantitative estimate of drug-likeness (QED) is 0.747. The third kappa shape index (κ3) is 2.69. The highest BCUT2D eigenvalue weighted by Gasteiger charge is 2.32. The van der Waals surface area contributed by atoms with E-state index in [1.807, 2.05) is 30.3 Å². The Morgan fingerprint density at radius 3 is 2.32 bits per heavy atom. The molecular weight excluding hydrogens is 263 g/mol. The molecule has 0 aromatic heterocycles. The van der Waals surface area contributed by atoms with Crippen LogP contribution >= 0.6 is 11.6 Å². The molecule has 98 valence electrons. The van der Waals surface area contributed by atoms with E-state index in [4.69, 9.17) is 11.6 Å². The van der Waals surface area contributed by atoms with E-state index < -0.39 is 11.2 Å². The number of benzene rings is 2. The molecule has 0 aliphatic carbocycles. The molecule has 19 heavy (non-hydrogen) atoms. The Kier molecular flexibility index (Phi) is 3.72. The molecular formula is C16H14ClFO. The number of hydrogen-bond donors (Lipinski definition) is 0. The fourth-order valence-electron chi connectivity index (χ4n) is 2.00. The van der Waals surface area contributed by atoms with Gasteiger partial charge in [-0.05, 0) is 37.6 Å². The van der Waals surface area contributed by atoms with Crippen LogP contribution in [0.3, 0.4) is 0 Å². The zero-order valence-corrected chi connectivity index (χ0v) is 11.5. The molecule has 0 unspecified atom stereocenters. The van der Waals surface area contributed by atoms with E-state index in [0.29, 0.717) is 0 Å². The maximum absolute atomic E-state index is 13.8. The Morgan fingerprint density at radius 1 is 1.11 bits per heavy atom. The summed E-state index contributed by atoms with van der Waals surface area (Å²) in [6, 6.07) is 13.5. The summed E-state index contributed by atoms with van der Waals surface area (Å²) in [6.07, 6.45) is 0. The van der Waals surface area contributed by atoms with Gasteiger partial charge < -0.3 is 0 Å². The van der Waals surface area contributed by atoms with Crippen molar-refractivity contribution in [3.05, 3.63) is 70.5 Å². The number of carbonyl (C=O) groups excluding carboxylic acids is 1. The highest BCUT2D eigenvalue weighted by Crippen LogP contribution is 2.29. The van der Waals surface area contributed by atoms with Crippen LogP contribution in [0.1, 0.15) is 29.8 Å². The van der Waals surface area contributed by atoms with E-state index in [-0.39, 0.29) is 16.4 Å². The second kappa shape index (κ2) is 5.14. The fraction of sp³-hybridized carbons (Fsp3) is 0.188. The minimum atomic E-state index is -0.782. The fourth-order valence-corrected chi connectivity index (χ4v) is 2.15. The molecule has 0 spiro atoms. The molecule has 2 aromatic rings. The van der Waals surface area contributed by atoms with Gasteiger partial charge in [0.15, 0.2) is 5.78 Å². The van der Waals surface area contributed by atoms with Crippen LogP contribution in [0.5, 0.6) is 0 Å². The summed E-state index contributed by atoms with van der Waals surface area (Å²) in [6.45, 7) is 3.58. The lowest BCUT2D eigenvalue weighted by atomic mass is 9.78. The Hall–Kier alpha value is -1.67. The van der Waals surface area contributed by atoms with Gasteiger partial charge in [-0.25, -0.2) is 4.39 Å². The summed E-state index contributed by atoms with van der Waals surface area (Å²) in [7, 11) is 0. The third-order valence-electron chi connectivity index (χ3n) is 3.24. The molecule has 0 heterocycles. The summed E-state index contributed by atoms with van der Waals surface area (Å²) in [4.78, 5) is 12.5. The van der Waals surface area contributed by atoms with Crippen molar-refractivity contribution in [3.8, 4) is 0 Å². The van der Waals surface area contributed by atoms with Crippen molar-refractivity contribution in [2.75, 3.05) is 0 Å². The van der Waals surface area contributed by atoms with Gasteiger partial charge in [0.05, 0.1) is 11.0 Å². The van der Waals surface area contributed by atoms with E-state index >= 15 is 0 Å². The summed E-state index contributed by atoms with van der Waals surface area (Å²) in [5, 5.41) is 0.284.